The van der Waals surface area contributed by atoms with Crippen molar-refractivity contribution in [3.63, 3.8) is 0 Å². The lowest BCUT2D eigenvalue weighted by molar-refractivity contribution is -0.130. The standard InChI is InChI=1S/C15H24O2Si/c1-6-12(2)14(16)15(17-18(3,4)5)13-10-8-7-9-11-13/h7-12,15H,6H2,1-5H3. The molecule has 0 spiro atoms. The molecule has 1 rings (SSSR count). The third-order valence-corrected chi connectivity index (χ3v) is 3.87. The maximum Gasteiger partial charge on any atom is 0.185 e. The van der Waals surface area contributed by atoms with Gasteiger partial charge in [0.2, 0.25) is 0 Å². The first-order valence-electron chi connectivity index (χ1n) is 6.61. The number of carbonyl (C=O) groups is 1. The number of Topliss-reactive ketones (excluding diaryl/α,β-unsaturated/α-hetero) is 1. The highest BCUT2D eigenvalue weighted by Gasteiger charge is 2.30. The summed E-state index contributed by atoms with van der Waals surface area (Å²) in [5.41, 5.74) is 0.977. The van der Waals surface area contributed by atoms with Gasteiger partial charge < -0.3 is 4.43 Å². The van der Waals surface area contributed by atoms with Gasteiger partial charge in [-0.3, -0.25) is 4.79 Å². The highest BCUT2D eigenvalue weighted by molar-refractivity contribution is 6.69. The zero-order valence-electron chi connectivity index (χ0n) is 12.1. The van der Waals surface area contributed by atoms with Crippen molar-refractivity contribution in [3.05, 3.63) is 35.9 Å². The van der Waals surface area contributed by atoms with Crippen LogP contribution >= 0.6 is 0 Å². The maximum atomic E-state index is 12.4. The molecular weight excluding hydrogens is 240 g/mol. The van der Waals surface area contributed by atoms with Crippen LogP contribution in [0.15, 0.2) is 30.3 Å². The SMILES string of the molecule is CCC(C)C(=O)C(O[Si](C)(C)C)c1ccccc1. The zero-order chi connectivity index (χ0) is 13.8. The van der Waals surface area contributed by atoms with Gasteiger partial charge in [-0.1, -0.05) is 44.2 Å². The van der Waals surface area contributed by atoms with Gasteiger partial charge in [-0.15, -0.1) is 0 Å². The summed E-state index contributed by atoms with van der Waals surface area (Å²) in [6.07, 6.45) is 0.463. The molecule has 1 aromatic rings. The minimum absolute atomic E-state index is 0.0477. The number of hydrogen-bond donors (Lipinski definition) is 0. The van der Waals surface area contributed by atoms with Crippen molar-refractivity contribution in [3.8, 4) is 0 Å². The predicted octanol–water partition coefficient (Wildman–Crippen LogP) is 4.19. The molecule has 0 aromatic heterocycles. The van der Waals surface area contributed by atoms with Gasteiger partial charge in [0.25, 0.3) is 0 Å². The largest absolute Gasteiger partial charge is 0.404 e. The van der Waals surface area contributed by atoms with Gasteiger partial charge in [-0.25, -0.2) is 0 Å². The van der Waals surface area contributed by atoms with E-state index in [2.05, 4.69) is 19.6 Å². The molecule has 0 amide bonds. The van der Waals surface area contributed by atoms with Gasteiger partial charge in [-0.05, 0) is 31.6 Å². The molecule has 0 radical (unpaired) electrons. The monoisotopic (exact) mass is 264 g/mol. The normalized spacial score (nSPS) is 15.2. The van der Waals surface area contributed by atoms with Crippen LogP contribution in [0.2, 0.25) is 19.6 Å². The van der Waals surface area contributed by atoms with E-state index in [4.69, 9.17) is 4.43 Å². The molecule has 1 aromatic carbocycles. The second-order valence-electron chi connectivity index (χ2n) is 5.73. The molecule has 0 aliphatic rings. The molecule has 0 aliphatic heterocycles. The Morgan fingerprint density at radius 1 is 1.22 bits per heavy atom. The zero-order valence-corrected chi connectivity index (χ0v) is 13.1. The highest BCUT2D eigenvalue weighted by atomic mass is 28.4. The Morgan fingerprint density at radius 2 is 1.78 bits per heavy atom. The summed E-state index contributed by atoms with van der Waals surface area (Å²) >= 11 is 0. The third-order valence-electron chi connectivity index (χ3n) is 2.93. The first-order valence-corrected chi connectivity index (χ1v) is 10.0. The quantitative estimate of drug-likeness (QED) is 0.720. The van der Waals surface area contributed by atoms with Crippen molar-refractivity contribution in [2.24, 2.45) is 5.92 Å². The van der Waals surface area contributed by atoms with Crippen molar-refractivity contribution in [1.82, 2.24) is 0 Å². The summed E-state index contributed by atoms with van der Waals surface area (Å²) in [7, 11) is -1.75. The Labute approximate surface area is 111 Å². The molecule has 0 heterocycles. The smallest absolute Gasteiger partial charge is 0.185 e. The van der Waals surface area contributed by atoms with Gasteiger partial charge >= 0.3 is 0 Å². The number of benzene rings is 1. The van der Waals surface area contributed by atoms with Crippen LogP contribution in [0.1, 0.15) is 31.9 Å². The molecule has 0 saturated carbocycles. The Balaban J connectivity index is 3.00. The summed E-state index contributed by atoms with van der Waals surface area (Å²) in [4.78, 5) is 12.4. The van der Waals surface area contributed by atoms with Crippen molar-refractivity contribution in [2.75, 3.05) is 0 Å². The molecule has 2 unspecified atom stereocenters. The van der Waals surface area contributed by atoms with E-state index in [0.717, 1.165) is 12.0 Å². The first kappa shape index (κ1) is 15.1. The van der Waals surface area contributed by atoms with Gasteiger partial charge in [0.1, 0.15) is 6.10 Å². The minimum atomic E-state index is -1.75. The van der Waals surface area contributed by atoms with Crippen LogP contribution < -0.4 is 0 Å². The summed E-state index contributed by atoms with van der Waals surface area (Å²) in [6.45, 7) is 10.4. The summed E-state index contributed by atoms with van der Waals surface area (Å²) in [5, 5.41) is 0. The maximum absolute atomic E-state index is 12.4. The van der Waals surface area contributed by atoms with E-state index in [9.17, 15) is 4.79 Å². The molecule has 0 bridgehead atoms. The van der Waals surface area contributed by atoms with Gasteiger partial charge in [-0.2, -0.15) is 0 Å². The van der Waals surface area contributed by atoms with E-state index in [1.165, 1.54) is 0 Å². The van der Waals surface area contributed by atoms with Crippen LogP contribution in [0.4, 0.5) is 0 Å². The molecule has 100 valence electrons. The number of carbonyl (C=O) groups excluding carboxylic acids is 1. The van der Waals surface area contributed by atoms with E-state index < -0.39 is 14.4 Å². The number of rotatable bonds is 6. The summed E-state index contributed by atoms with van der Waals surface area (Å²) < 4.78 is 6.10. The molecule has 0 fully saturated rings. The molecule has 2 atom stereocenters. The van der Waals surface area contributed by atoms with E-state index in [1.54, 1.807) is 0 Å². The van der Waals surface area contributed by atoms with Crippen LogP contribution in [0.25, 0.3) is 0 Å². The second-order valence-corrected chi connectivity index (χ2v) is 10.2. The Kier molecular flexibility index (Phi) is 5.29. The van der Waals surface area contributed by atoms with Crippen molar-refractivity contribution in [2.45, 2.75) is 46.0 Å². The van der Waals surface area contributed by atoms with Crippen LogP contribution in [-0.2, 0) is 9.22 Å². The van der Waals surface area contributed by atoms with Crippen molar-refractivity contribution >= 4 is 14.1 Å². The fourth-order valence-electron chi connectivity index (χ4n) is 1.73. The molecule has 0 aliphatic carbocycles. The molecule has 0 N–H and O–H groups in total. The van der Waals surface area contributed by atoms with Gasteiger partial charge in [0, 0.05) is 5.92 Å². The Hall–Kier alpha value is -0.933. The van der Waals surface area contributed by atoms with E-state index >= 15 is 0 Å². The van der Waals surface area contributed by atoms with E-state index in [-0.39, 0.29) is 11.7 Å². The topological polar surface area (TPSA) is 26.3 Å². The van der Waals surface area contributed by atoms with Crippen LogP contribution in [0.5, 0.6) is 0 Å². The third kappa shape index (κ3) is 4.39. The van der Waals surface area contributed by atoms with E-state index in [0.29, 0.717) is 0 Å². The first-order chi connectivity index (χ1) is 8.35. The number of hydrogen-bond acceptors (Lipinski definition) is 2. The predicted molar refractivity (Wildman–Crippen MR) is 78.1 cm³/mol. The summed E-state index contributed by atoms with van der Waals surface area (Å²) in [5.74, 6) is 0.248. The van der Waals surface area contributed by atoms with Crippen LogP contribution in [0, 0.1) is 5.92 Å². The lowest BCUT2D eigenvalue weighted by Gasteiger charge is -2.27. The second kappa shape index (κ2) is 6.30. The summed E-state index contributed by atoms with van der Waals surface area (Å²) in [6, 6.07) is 9.83. The molecular formula is C15H24O2Si. The van der Waals surface area contributed by atoms with Crippen LogP contribution in [-0.4, -0.2) is 14.1 Å². The number of ketones is 1. The lowest BCUT2D eigenvalue weighted by Crippen LogP contribution is -2.33. The fraction of sp³-hybridized carbons (Fsp3) is 0.533. The minimum Gasteiger partial charge on any atom is -0.404 e. The average Bonchev–Trinajstić information content (AvgIpc) is 2.34. The molecule has 0 saturated heterocycles. The van der Waals surface area contributed by atoms with Crippen molar-refractivity contribution in [1.29, 1.82) is 0 Å². The van der Waals surface area contributed by atoms with Gasteiger partial charge in [0.05, 0.1) is 0 Å². The Bertz CT molecular complexity index is 381. The Morgan fingerprint density at radius 3 is 2.22 bits per heavy atom. The molecule has 18 heavy (non-hydrogen) atoms. The average molecular weight is 264 g/mol. The van der Waals surface area contributed by atoms with E-state index in [1.807, 2.05) is 44.2 Å². The fourth-order valence-corrected chi connectivity index (χ4v) is 2.69. The highest BCUT2D eigenvalue weighted by Crippen LogP contribution is 2.26. The molecule has 3 heteroatoms. The molecule has 2 nitrogen and oxygen atoms in total. The van der Waals surface area contributed by atoms with Crippen LogP contribution in [0.3, 0.4) is 0 Å². The van der Waals surface area contributed by atoms with Gasteiger partial charge in [0.15, 0.2) is 14.1 Å². The van der Waals surface area contributed by atoms with Crippen molar-refractivity contribution < 1.29 is 9.22 Å². The lowest BCUT2D eigenvalue weighted by atomic mass is 9.95.